The van der Waals surface area contributed by atoms with Crippen molar-refractivity contribution in [3.8, 4) is 0 Å². The number of benzene rings is 1. The maximum Gasteiger partial charge on any atom is 0 e. The first-order chi connectivity index (χ1) is 4.41. The molecule has 0 fully saturated rings. The van der Waals surface area contributed by atoms with E-state index in [9.17, 15) is 0 Å². The summed E-state index contributed by atoms with van der Waals surface area (Å²) < 4.78 is 0. The van der Waals surface area contributed by atoms with Gasteiger partial charge in [0.2, 0.25) is 0 Å². The van der Waals surface area contributed by atoms with Crippen molar-refractivity contribution in [1.29, 1.82) is 0 Å². The second kappa shape index (κ2) is 12.0. The Morgan fingerprint density at radius 2 is 1.40 bits per heavy atom. The molecule has 0 aliphatic carbocycles. The maximum atomic E-state index is 2.89. The molecule has 0 bridgehead atoms. The molecular weight excluding hydrogens is 197 g/mol. The van der Waals surface area contributed by atoms with Crippen LogP contribution in [0.15, 0.2) is 30.3 Å². The van der Waals surface area contributed by atoms with E-state index in [1.54, 1.807) is 0 Å². The Balaban J connectivity index is 0. The zero-order valence-corrected chi connectivity index (χ0v) is 9.38. The van der Waals surface area contributed by atoms with Crippen molar-refractivity contribution >= 4 is 0 Å². The van der Waals surface area contributed by atoms with Crippen LogP contribution in [0.4, 0.5) is 0 Å². The van der Waals surface area contributed by atoms with Crippen LogP contribution < -0.4 is 0 Å². The molecule has 0 aliphatic heterocycles. The summed E-state index contributed by atoms with van der Waals surface area (Å²) in [4.78, 5) is 0. The van der Waals surface area contributed by atoms with E-state index in [-0.39, 0.29) is 32.7 Å². The largest absolute Gasteiger partial charge is 0.335 e. The fraction of sp³-hybridized carbons (Fsp3) is 0.222. The Labute approximate surface area is 88.9 Å². The van der Waals surface area contributed by atoms with Crippen molar-refractivity contribution < 1.29 is 32.7 Å². The summed E-state index contributed by atoms with van der Waals surface area (Å²) in [7, 11) is 0. The fourth-order valence-corrected chi connectivity index (χ4v) is 0.342. The third-order valence-electron chi connectivity index (χ3n) is 0.607. The monoisotopic (exact) mass is 209 g/mol. The van der Waals surface area contributed by atoms with Gasteiger partial charge in [0.05, 0.1) is 0 Å². The Hall–Kier alpha value is 0.324. The molecule has 53 valence electrons. The van der Waals surface area contributed by atoms with Gasteiger partial charge in [-0.25, -0.2) is 0 Å². The van der Waals surface area contributed by atoms with Gasteiger partial charge in [-0.1, -0.05) is 0 Å². The minimum Gasteiger partial charge on any atom is -0.335 e. The molecule has 0 aromatic heterocycles. The second-order valence-electron chi connectivity index (χ2n) is 1.65. The van der Waals surface area contributed by atoms with Gasteiger partial charge in [0, 0.05) is 32.7 Å². The first-order valence-electron chi connectivity index (χ1n) is 3.07. The zero-order valence-electron chi connectivity index (χ0n) is 6.54. The first-order valence-corrected chi connectivity index (χ1v) is 3.07. The van der Waals surface area contributed by atoms with Crippen molar-refractivity contribution in [3.63, 3.8) is 0 Å². The van der Waals surface area contributed by atoms with Crippen molar-refractivity contribution in [3.05, 3.63) is 42.8 Å². The van der Waals surface area contributed by atoms with E-state index in [0.717, 1.165) is 0 Å². The van der Waals surface area contributed by atoms with Gasteiger partial charge in [0.25, 0.3) is 0 Å². The Morgan fingerprint density at radius 3 is 1.50 bits per heavy atom. The van der Waals surface area contributed by atoms with E-state index in [4.69, 9.17) is 0 Å². The zero-order chi connectivity index (χ0) is 6.95. The molecule has 0 aliphatic rings. The average molecular weight is 209 g/mol. The van der Waals surface area contributed by atoms with Crippen LogP contribution >= 0.6 is 0 Å². The van der Waals surface area contributed by atoms with E-state index in [1.807, 2.05) is 50.6 Å². The standard InChI is InChI=1S/C6H5.C3H7.Y/c1-2-4-6-5-3-1;1-3-2;/h1-5H;3H,1-2H3;/q2*-1;. The van der Waals surface area contributed by atoms with Crippen LogP contribution in [-0.2, 0) is 32.7 Å². The molecule has 0 N–H and O–H groups in total. The van der Waals surface area contributed by atoms with Crippen molar-refractivity contribution in [1.82, 2.24) is 0 Å². The quantitative estimate of drug-likeness (QED) is 0.576. The molecule has 0 spiro atoms. The number of rotatable bonds is 0. The van der Waals surface area contributed by atoms with Crippen LogP contribution in [0.25, 0.3) is 0 Å². The summed E-state index contributed by atoms with van der Waals surface area (Å²) in [5.41, 5.74) is 0. The molecule has 1 rings (SSSR count). The van der Waals surface area contributed by atoms with E-state index in [1.165, 1.54) is 0 Å². The number of hydrogen-bond donors (Lipinski definition) is 0. The normalized spacial score (nSPS) is 6.60. The Morgan fingerprint density at radius 1 is 1.00 bits per heavy atom. The summed E-state index contributed by atoms with van der Waals surface area (Å²) in [6, 6.07) is 12.5. The van der Waals surface area contributed by atoms with Crippen LogP contribution in [0.5, 0.6) is 0 Å². The minimum atomic E-state index is 0. The molecule has 1 heteroatoms. The summed E-state index contributed by atoms with van der Waals surface area (Å²) >= 11 is 0. The Kier molecular flexibility index (Phi) is 15.6. The van der Waals surface area contributed by atoms with E-state index >= 15 is 0 Å². The van der Waals surface area contributed by atoms with Gasteiger partial charge in [0.15, 0.2) is 0 Å². The second-order valence-corrected chi connectivity index (χ2v) is 1.65. The Bertz CT molecular complexity index is 87.6. The molecule has 1 aromatic rings. The molecule has 0 saturated carbocycles. The molecule has 0 unspecified atom stereocenters. The molecule has 1 aromatic carbocycles. The van der Waals surface area contributed by atoms with Gasteiger partial charge in [-0.05, 0) is 0 Å². The molecule has 0 amide bonds. The molecular formula is C9H12Y-2. The van der Waals surface area contributed by atoms with E-state index in [0.29, 0.717) is 0 Å². The van der Waals surface area contributed by atoms with E-state index < -0.39 is 0 Å². The topological polar surface area (TPSA) is 0 Å². The summed E-state index contributed by atoms with van der Waals surface area (Å²) in [6.45, 7) is 4.00. The number of hydrogen-bond acceptors (Lipinski definition) is 0. The molecule has 0 saturated heterocycles. The van der Waals surface area contributed by atoms with Crippen LogP contribution in [0.2, 0.25) is 0 Å². The molecule has 0 heterocycles. The van der Waals surface area contributed by atoms with Crippen molar-refractivity contribution in [2.45, 2.75) is 13.8 Å². The molecule has 0 nitrogen and oxygen atoms in total. The molecule has 10 heavy (non-hydrogen) atoms. The molecule has 0 atom stereocenters. The average Bonchev–Trinajstić information content (AvgIpc) is 1.93. The van der Waals surface area contributed by atoms with Gasteiger partial charge in [-0.15, -0.1) is 0 Å². The molecule has 1 radical (unpaired) electrons. The summed E-state index contributed by atoms with van der Waals surface area (Å²) in [5.74, 6) is 0. The first kappa shape index (κ1) is 13.0. The van der Waals surface area contributed by atoms with Crippen LogP contribution in [0.3, 0.4) is 0 Å². The predicted octanol–water partition coefficient (Wildman–Crippen LogP) is 2.71. The van der Waals surface area contributed by atoms with Crippen molar-refractivity contribution in [2.24, 2.45) is 0 Å². The summed E-state index contributed by atoms with van der Waals surface area (Å²) in [5, 5.41) is 0. The van der Waals surface area contributed by atoms with Crippen LogP contribution in [-0.4, -0.2) is 0 Å². The third-order valence-corrected chi connectivity index (χ3v) is 0.607. The van der Waals surface area contributed by atoms with Gasteiger partial charge >= 0.3 is 0 Å². The fourth-order valence-electron chi connectivity index (χ4n) is 0.342. The smallest absolute Gasteiger partial charge is 0 e. The predicted molar refractivity (Wildman–Crippen MR) is 40.9 cm³/mol. The maximum absolute atomic E-state index is 2.89. The SMILES string of the molecule is C[CH-]C.[Y].[c-]1ccccc1. The van der Waals surface area contributed by atoms with E-state index in [2.05, 4.69) is 6.07 Å². The third kappa shape index (κ3) is 11.2. The van der Waals surface area contributed by atoms with Gasteiger partial charge in [-0.2, -0.15) is 50.2 Å². The van der Waals surface area contributed by atoms with Gasteiger partial charge in [-0.3, -0.25) is 0 Å². The van der Waals surface area contributed by atoms with Crippen molar-refractivity contribution in [2.75, 3.05) is 0 Å². The minimum absolute atomic E-state index is 0. The van der Waals surface area contributed by atoms with Gasteiger partial charge < -0.3 is 6.42 Å². The summed E-state index contributed by atoms with van der Waals surface area (Å²) in [6.07, 6.45) is 2.00. The van der Waals surface area contributed by atoms with Gasteiger partial charge in [0.1, 0.15) is 0 Å². The van der Waals surface area contributed by atoms with Crippen LogP contribution in [0.1, 0.15) is 13.8 Å². The van der Waals surface area contributed by atoms with Crippen LogP contribution in [0, 0.1) is 12.5 Å².